The zero-order valence-electron chi connectivity index (χ0n) is 10.1. The first-order valence-corrected chi connectivity index (χ1v) is 5.77. The van der Waals surface area contributed by atoms with E-state index in [4.69, 9.17) is 16.6 Å². The molecule has 1 aliphatic carbocycles. The van der Waals surface area contributed by atoms with Crippen LogP contribution in [-0.4, -0.2) is 11.5 Å². The van der Waals surface area contributed by atoms with Gasteiger partial charge in [-0.1, -0.05) is 33.6 Å². The van der Waals surface area contributed by atoms with E-state index in [0.29, 0.717) is 0 Å². The van der Waals surface area contributed by atoms with Gasteiger partial charge in [-0.2, -0.15) is 0 Å². The van der Waals surface area contributed by atoms with E-state index in [2.05, 4.69) is 20.8 Å². The minimum atomic E-state index is -0.0876. The van der Waals surface area contributed by atoms with Gasteiger partial charge in [-0.25, -0.2) is 0 Å². The molecule has 0 heterocycles. The summed E-state index contributed by atoms with van der Waals surface area (Å²) in [6.45, 7) is 6.21. The average molecular weight is 209 g/mol. The SMILES string of the molecule is CC(C)(C)C(=N)C1CCCCC1C(=N)N. The van der Waals surface area contributed by atoms with E-state index in [1.54, 1.807) is 0 Å². The number of amidine groups is 1. The molecular formula is C12H23N3. The molecule has 4 N–H and O–H groups in total. The summed E-state index contributed by atoms with van der Waals surface area (Å²) in [5, 5.41) is 15.8. The van der Waals surface area contributed by atoms with Gasteiger partial charge in [-0.15, -0.1) is 0 Å². The zero-order chi connectivity index (χ0) is 11.6. The molecule has 1 rings (SSSR count). The number of hydrogen-bond donors (Lipinski definition) is 3. The third-order valence-electron chi connectivity index (χ3n) is 3.34. The van der Waals surface area contributed by atoms with Crippen molar-refractivity contribution in [1.29, 1.82) is 10.8 Å². The van der Waals surface area contributed by atoms with Gasteiger partial charge in [0.15, 0.2) is 0 Å². The van der Waals surface area contributed by atoms with Crippen molar-refractivity contribution in [1.82, 2.24) is 0 Å². The second-order valence-electron chi connectivity index (χ2n) is 5.62. The molecule has 2 atom stereocenters. The van der Waals surface area contributed by atoms with Crippen LogP contribution in [0, 0.1) is 28.1 Å². The molecule has 86 valence electrons. The van der Waals surface area contributed by atoms with Crippen molar-refractivity contribution in [3.63, 3.8) is 0 Å². The van der Waals surface area contributed by atoms with Gasteiger partial charge in [0.25, 0.3) is 0 Å². The van der Waals surface area contributed by atoms with Gasteiger partial charge in [0.05, 0.1) is 5.84 Å². The Labute approximate surface area is 92.5 Å². The Kier molecular flexibility index (Phi) is 3.53. The molecule has 0 spiro atoms. The molecule has 0 aromatic rings. The maximum absolute atomic E-state index is 8.21. The summed E-state index contributed by atoms with van der Waals surface area (Å²) in [6.07, 6.45) is 4.34. The topological polar surface area (TPSA) is 73.7 Å². The molecule has 1 fully saturated rings. The van der Waals surface area contributed by atoms with Crippen LogP contribution in [0.15, 0.2) is 0 Å². The Balaban J connectivity index is 2.81. The van der Waals surface area contributed by atoms with Crippen LogP contribution in [0.25, 0.3) is 0 Å². The summed E-state index contributed by atoms with van der Waals surface area (Å²) < 4.78 is 0. The summed E-state index contributed by atoms with van der Waals surface area (Å²) in [5.74, 6) is 0.593. The predicted molar refractivity (Wildman–Crippen MR) is 64.5 cm³/mol. The van der Waals surface area contributed by atoms with Gasteiger partial charge in [0.2, 0.25) is 0 Å². The van der Waals surface area contributed by atoms with Gasteiger partial charge >= 0.3 is 0 Å². The minimum absolute atomic E-state index is 0.0876. The fourth-order valence-corrected chi connectivity index (χ4v) is 2.40. The van der Waals surface area contributed by atoms with Crippen molar-refractivity contribution in [2.75, 3.05) is 0 Å². The lowest BCUT2D eigenvalue weighted by molar-refractivity contribution is 0.350. The molecule has 1 aliphatic rings. The second-order valence-corrected chi connectivity index (χ2v) is 5.62. The number of rotatable bonds is 2. The average Bonchev–Trinajstić information content (AvgIpc) is 2.15. The number of hydrogen-bond acceptors (Lipinski definition) is 2. The van der Waals surface area contributed by atoms with Gasteiger partial charge in [-0.3, -0.25) is 5.41 Å². The highest BCUT2D eigenvalue weighted by Gasteiger charge is 2.34. The lowest BCUT2D eigenvalue weighted by Crippen LogP contribution is -2.40. The minimum Gasteiger partial charge on any atom is -0.387 e. The van der Waals surface area contributed by atoms with Crippen LogP contribution in [0.4, 0.5) is 0 Å². The molecule has 0 aromatic carbocycles. The molecule has 2 unspecified atom stereocenters. The molecule has 0 saturated heterocycles. The van der Waals surface area contributed by atoms with Crippen LogP contribution in [0.2, 0.25) is 0 Å². The van der Waals surface area contributed by atoms with Crippen molar-refractivity contribution in [2.45, 2.75) is 46.5 Å². The third kappa shape index (κ3) is 2.80. The summed E-state index contributed by atoms with van der Waals surface area (Å²) >= 11 is 0. The molecule has 0 radical (unpaired) electrons. The monoisotopic (exact) mass is 209 g/mol. The summed E-state index contributed by atoms with van der Waals surface area (Å²) in [4.78, 5) is 0. The predicted octanol–water partition coefficient (Wildman–Crippen LogP) is 2.79. The number of nitrogens with two attached hydrogens (primary N) is 1. The van der Waals surface area contributed by atoms with Crippen LogP contribution < -0.4 is 5.73 Å². The molecule has 0 bridgehead atoms. The van der Waals surface area contributed by atoms with E-state index in [-0.39, 0.29) is 23.1 Å². The standard InChI is InChI=1S/C12H23N3/c1-12(2,3)10(13)8-6-4-5-7-9(8)11(14)15/h8-9,13H,4-7H2,1-3H3,(H3,14,15). The van der Waals surface area contributed by atoms with E-state index in [1.165, 1.54) is 6.42 Å². The Hall–Kier alpha value is -0.860. The molecule has 15 heavy (non-hydrogen) atoms. The first-order chi connectivity index (χ1) is 6.84. The Morgan fingerprint density at radius 3 is 1.93 bits per heavy atom. The van der Waals surface area contributed by atoms with Crippen LogP contribution in [0.1, 0.15) is 46.5 Å². The molecule has 3 heteroatoms. The van der Waals surface area contributed by atoms with E-state index in [1.807, 2.05) is 0 Å². The quantitative estimate of drug-likeness (QED) is 0.475. The van der Waals surface area contributed by atoms with E-state index in [9.17, 15) is 0 Å². The lowest BCUT2D eigenvalue weighted by Gasteiger charge is -2.36. The van der Waals surface area contributed by atoms with Crippen molar-refractivity contribution in [2.24, 2.45) is 23.0 Å². The van der Waals surface area contributed by atoms with Gasteiger partial charge in [0, 0.05) is 17.5 Å². The molecule has 0 aliphatic heterocycles. The van der Waals surface area contributed by atoms with Crippen LogP contribution in [0.3, 0.4) is 0 Å². The van der Waals surface area contributed by atoms with Crippen LogP contribution >= 0.6 is 0 Å². The van der Waals surface area contributed by atoms with Crippen LogP contribution in [0.5, 0.6) is 0 Å². The smallest absolute Gasteiger partial charge is 0.0943 e. The summed E-state index contributed by atoms with van der Waals surface area (Å²) in [5.41, 5.74) is 6.30. The van der Waals surface area contributed by atoms with Gasteiger partial charge < -0.3 is 11.1 Å². The molecular weight excluding hydrogens is 186 g/mol. The Bertz CT molecular complexity index is 263. The van der Waals surface area contributed by atoms with E-state index in [0.717, 1.165) is 25.0 Å². The maximum atomic E-state index is 8.21. The Morgan fingerprint density at radius 2 is 1.53 bits per heavy atom. The maximum Gasteiger partial charge on any atom is 0.0943 e. The zero-order valence-corrected chi connectivity index (χ0v) is 10.1. The highest BCUT2D eigenvalue weighted by Crippen LogP contribution is 2.35. The fourth-order valence-electron chi connectivity index (χ4n) is 2.40. The fraction of sp³-hybridized carbons (Fsp3) is 0.833. The lowest BCUT2D eigenvalue weighted by atomic mass is 9.70. The van der Waals surface area contributed by atoms with Gasteiger partial charge in [-0.05, 0) is 18.3 Å². The van der Waals surface area contributed by atoms with Crippen molar-refractivity contribution < 1.29 is 0 Å². The van der Waals surface area contributed by atoms with Crippen LogP contribution in [-0.2, 0) is 0 Å². The molecule has 1 saturated carbocycles. The molecule has 0 aromatic heterocycles. The highest BCUT2D eigenvalue weighted by molar-refractivity contribution is 5.93. The largest absolute Gasteiger partial charge is 0.387 e. The van der Waals surface area contributed by atoms with Crippen molar-refractivity contribution >= 4 is 11.5 Å². The third-order valence-corrected chi connectivity index (χ3v) is 3.34. The first-order valence-electron chi connectivity index (χ1n) is 5.77. The normalized spacial score (nSPS) is 27.4. The molecule has 3 nitrogen and oxygen atoms in total. The number of nitrogens with one attached hydrogen (secondary N) is 2. The van der Waals surface area contributed by atoms with Crippen molar-refractivity contribution in [3.05, 3.63) is 0 Å². The summed E-state index contributed by atoms with van der Waals surface area (Å²) in [6, 6.07) is 0. The van der Waals surface area contributed by atoms with E-state index >= 15 is 0 Å². The van der Waals surface area contributed by atoms with E-state index < -0.39 is 0 Å². The highest BCUT2D eigenvalue weighted by atomic mass is 14.7. The summed E-state index contributed by atoms with van der Waals surface area (Å²) in [7, 11) is 0. The Morgan fingerprint density at radius 1 is 1.07 bits per heavy atom. The van der Waals surface area contributed by atoms with Gasteiger partial charge in [0.1, 0.15) is 0 Å². The van der Waals surface area contributed by atoms with Crippen molar-refractivity contribution in [3.8, 4) is 0 Å². The molecule has 0 amide bonds. The first kappa shape index (κ1) is 12.2. The second kappa shape index (κ2) is 4.33.